The number of para-hydroxylation sites is 1. The summed E-state index contributed by atoms with van der Waals surface area (Å²) in [6.07, 6.45) is 1.08. The Morgan fingerprint density at radius 1 is 0.882 bits per heavy atom. The number of nitrogens with one attached hydrogen (secondary N) is 1. The number of anilines is 1. The van der Waals surface area contributed by atoms with Crippen molar-refractivity contribution in [3.63, 3.8) is 0 Å². The Balaban J connectivity index is 1.73. The summed E-state index contributed by atoms with van der Waals surface area (Å²) in [5.74, 6) is 1.58. The number of ether oxygens (including phenoxy) is 2. The zero-order valence-corrected chi connectivity index (χ0v) is 20.6. The van der Waals surface area contributed by atoms with Crippen LogP contribution in [0.4, 0.5) is 5.69 Å². The van der Waals surface area contributed by atoms with Crippen LogP contribution in [-0.4, -0.2) is 33.2 Å². The maximum absolute atomic E-state index is 13.0. The van der Waals surface area contributed by atoms with Gasteiger partial charge < -0.3 is 14.8 Å². The van der Waals surface area contributed by atoms with Crippen molar-refractivity contribution in [1.82, 2.24) is 5.32 Å². The molecule has 0 radical (unpaired) electrons. The molecule has 3 aromatic carbocycles. The number of nitrogens with zero attached hydrogens (tertiary/aromatic N) is 1. The maximum atomic E-state index is 13.0. The third kappa shape index (κ3) is 6.51. The molecule has 1 amide bonds. The molecule has 8 heteroatoms. The van der Waals surface area contributed by atoms with Gasteiger partial charge in [-0.1, -0.05) is 30.3 Å². The number of carbonyl (C=O) groups is 1. The second kappa shape index (κ2) is 11.1. The molecule has 3 aromatic rings. The molecule has 0 fully saturated rings. The van der Waals surface area contributed by atoms with E-state index in [9.17, 15) is 13.2 Å². The lowest BCUT2D eigenvalue weighted by atomic mass is 10.1. The van der Waals surface area contributed by atoms with E-state index in [0.29, 0.717) is 23.8 Å². The van der Waals surface area contributed by atoms with E-state index >= 15 is 0 Å². The molecule has 0 saturated carbocycles. The van der Waals surface area contributed by atoms with Crippen molar-refractivity contribution < 1.29 is 22.7 Å². The summed E-state index contributed by atoms with van der Waals surface area (Å²) in [5.41, 5.74) is 1.26. The van der Waals surface area contributed by atoms with Crippen LogP contribution in [0.2, 0.25) is 0 Å². The Kier molecular flexibility index (Phi) is 8.17. The topological polar surface area (TPSA) is 84.9 Å². The number of hydrogen-bond donors (Lipinski definition) is 1. The highest BCUT2D eigenvalue weighted by Gasteiger charge is 2.30. The number of carbonyl (C=O) groups excluding carboxylic acids is 1. The SMILES string of the molecule is CCOc1ccc([C@H](C)NC(=O)[C@H](C)N(c2ccc(Oc3ccccc3)cc2)S(C)(=O)=O)cc1. The number of hydrogen-bond acceptors (Lipinski definition) is 5. The van der Waals surface area contributed by atoms with Crippen LogP contribution >= 0.6 is 0 Å². The van der Waals surface area contributed by atoms with Crippen LogP contribution in [0.3, 0.4) is 0 Å². The molecule has 0 heterocycles. The lowest BCUT2D eigenvalue weighted by molar-refractivity contribution is -0.122. The zero-order valence-electron chi connectivity index (χ0n) is 19.8. The van der Waals surface area contributed by atoms with E-state index in [-0.39, 0.29) is 6.04 Å². The Bertz CT molecular complexity index is 1180. The fourth-order valence-corrected chi connectivity index (χ4v) is 4.71. The van der Waals surface area contributed by atoms with Crippen molar-refractivity contribution in [2.75, 3.05) is 17.2 Å². The molecule has 180 valence electrons. The first kappa shape index (κ1) is 25.1. The minimum absolute atomic E-state index is 0.311. The van der Waals surface area contributed by atoms with E-state index in [0.717, 1.165) is 21.9 Å². The quantitative estimate of drug-likeness (QED) is 0.444. The minimum Gasteiger partial charge on any atom is -0.494 e. The van der Waals surface area contributed by atoms with Crippen molar-refractivity contribution in [1.29, 1.82) is 0 Å². The van der Waals surface area contributed by atoms with Gasteiger partial charge in [-0.05, 0) is 74.9 Å². The molecule has 0 bridgehead atoms. The lowest BCUT2D eigenvalue weighted by Crippen LogP contribution is -2.48. The van der Waals surface area contributed by atoms with Gasteiger partial charge in [-0.2, -0.15) is 0 Å². The molecule has 0 saturated heterocycles. The molecule has 7 nitrogen and oxygen atoms in total. The number of amides is 1. The molecule has 2 atom stereocenters. The fourth-order valence-electron chi connectivity index (χ4n) is 3.53. The summed E-state index contributed by atoms with van der Waals surface area (Å²) < 4.78 is 37.6. The lowest BCUT2D eigenvalue weighted by Gasteiger charge is -2.29. The van der Waals surface area contributed by atoms with E-state index in [2.05, 4.69) is 5.32 Å². The van der Waals surface area contributed by atoms with Crippen LogP contribution in [0.25, 0.3) is 0 Å². The van der Waals surface area contributed by atoms with Crippen LogP contribution in [0.1, 0.15) is 32.4 Å². The zero-order chi connectivity index (χ0) is 24.7. The Morgan fingerprint density at radius 2 is 1.44 bits per heavy atom. The predicted molar refractivity (Wildman–Crippen MR) is 134 cm³/mol. The molecule has 3 rings (SSSR count). The highest BCUT2D eigenvalue weighted by molar-refractivity contribution is 7.92. The number of rotatable bonds is 10. The minimum atomic E-state index is -3.73. The molecule has 0 aromatic heterocycles. The highest BCUT2D eigenvalue weighted by atomic mass is 32.2. The largest absolute Gasteiger partial charge is 0.494 e. The monoisotopic (exact) mass is 482 g/mol. The Labute approximate surface area is 201 Å². The molecule has 0 spiro atoms. The summed E-state index contributed by atoms with van der Waals surface area (Å²) >= 11 is 0. The van der Waals surface area contributed by atoms with Crippen molar-refractivity contribution in [2.24, 2.45) is 0 Å². The second-order valence-electron chi connectivity index (χ2n) is 7.88. The number of benzene rings is 3. The first-order chi connectivity index (χ1) is 16.2. The molecule has 34 heavy (non-hydrogen) atoms. The Morgan fingerprint density at radius 3 is 2.00 bits per heavy atom. The Hall–Kier alpha value is -3.52. The van der Waals surface area contributed by atoms with Gasteiger partial charge in [-0.25, -0.2) is 8.42 Å². The molecular weight excluding hydrogens is 452 g/mol. The molecule has 0 aliphatic carbocycles. The summed E-state index contributed by atoms with van der Waals surface area (Å²) in [7, 11) is -3.73. The van der Waals surface area contributed by atoms with Crippen LogP contribution in [0, 0.1) is 0 Å². The van der Waals surface area contributed by atoms with Crippen molar-refractivity contribution in [3.8, 4) is 17.2 Å². The number of sulfonamides is 1. The van der Waals surface area contributed by atoms with Gasteiger partial charge >= 0.3 is 0 Å². The van der Waals surface area contributed by atoms with Crippen LogP contribution < -0.4 is 19.1 Å². The normalized spacial score (nSPS) is 12.9. The first-order valence-electron chi connectivity index (χ1n) is 11.0. The average molecular weight is 483 g/mol. The van der Waals surface area contributed by atoms with E-state index in [1.54, 1.807) is 31.2 Å². The van der Waals surface area contributed by atoms with E-state index < -0.39 is 22.0 Å². The van der Waals surface area contributed by atoms with Crippen molar-refractivity contribution in [2.45, 2.75) is 32.9 Å². The van der Waals surface area contributed by atoms with Gasteiger partial charge in [0.1, 0.15) is 23.3 Å². The van der Waals surface area contributed by atoms with Crippen molar-refractivity contribution >= 4 is 21.6 Å². The third-order valence-corrected chi connectivity index (χ3v) is 6.45. The van der Waals surface area contributed by atoms with Crippen molar-refractivity contribution in [3.05, 3.63) is 84.4 Å². The van der Waals surface area contributed by atoms with Gasteiger partial charge in [0, 0.05) is 0 Å². The molecule has 0 unspecified atom stereocenters. The molecule has 0 aliphatic heterocycles. The van der Waals surface area contributed by atoms with Crippen LogP contribution in [-0.2, 0) is 14.8 Å². The average Bonchev–Trinajstić information content (AvgIpc) is 2.80. The van der Waals surface area contributed by atoms with Gasteiger partial charge in [-0.15, -0.1) is 0 Å². The van der Waals surface area contributed by atoms with Gasteiger partial charge in [0.25, 0.3) is 0 Å². The van der Waals surface area contributed by atoms with E-state index in [1.165, 1.54) is 0 Å². The highest BCUT2D eigenvalue weighted by Crippen LogP contribution is 2.27. The summed E-state index contributed by atoms with van der Waals surface area (Å²) in [6, 6.07) is 22.0. The van der Waals surface area contributed by atoms with E-state index in [4.69, 9.17) is 9.47 Å². The molecule has 0 aliphatic rings. The van der Waals surface area contributed by atoms with Crippen LogP contribution in [0.15, 0.2) is 78.9 Å². The fraction of sp³-hybridized carbons (Fsp3) is 0.269. The smallest absolute Gasteiger partial charge is 0.244 e. The van der Waals surface area contributed by atoms with E-state index in [1.807, 2.05) is 68.4 Å². The molecule has 1 N–H and O–H groups in total. The second-order valence-corrected chi connectivity index (χ2v) is 9.74. The van der Waals surface area contributed by atoms with Gasteiger partial charge in [0.15, 0.2) is 0 Å². The predicted octanol–water partition coefficient (Wildman–Crippen LogP) is 4.91. The maximum Gasteiger partial charge on any atom is 0.244 e. The van der Waals surface area contributed by atoms with Crippen LogP contribution in [0.5, 0.6) is 17.2 Å². The standard InChI is InChI=1S/C26H30N2O5S/c1-5-32-23-15-11-21(12-16-23)19(2)27-26(29)20(3)28(34(4,30)31)22-13-17-25(18-14-22)33-24-9-7-6-8-10-24/h6-20H,5H2,1-4H3,(H,27,29)/t19-,20-/m0/s1. The van der Waals surface area contributed by atoms with Gasteiger partial charge in [0.2, 0.25) is 15.9 Å². The molecular formula is C26H30N2O5S. The first-order valence-corrected chi connectivity index (χ1v) is 12.9. The summed E-state index contributed by atoms with van der Waals surface area (Å²) in [4.78, 5) is 13.0. The summed E-state index contributed by atoms with van der Waals surface area (Å²) in [5, 5.41) is 2.90. The summed E-state index contributed by atoms with van der Waals surface area (Å²) in [6.45, 7) is 5.90. The van der Waals surface area contributed by atoms with Gasteiger partial charge in [-0.3, -0.25) is 9.10 Å². The third-order valence-electron chi connectivity index (χ3n) is 5.21. The van der Waals surface area contributed by atoms with Gasteiger partial charge in [0.05, 0.1) is 24.6 Å².